The number of nitrogens with one attached hydrogen (secondary N) is 1. The Labute approximate surface area is 157 Å². The molecule has 1 amide bonds. The van der Waals surface area contributed by atoms with E-state index >= 15 is 0 Å². The lowest BCUT2D eigenvalue weighted by atomic mass is 9.98. The van der Waals surface area contributed by atoms with E-state index < -0.39 is 10.0 Å². The quantitative estimate of drug-likeness (QED) is 0.750. The molecule has 1 aliphatic rings. The Bertz CT molecular complexity index is 688. The van der Waals surface area contributed by atoms with Crippen LogP contribution in [0.25, 0.3) is 0 Å². The van der Waals surface area contributed by atoms with E-state index in [9.17, 15) is 13.2 Å². The van der Waals surface area contributed by atoms with Crippen LogP contribution in [0.15, 0.2) is 29.2 Å². The molecule has 0 aromatic heterocycles. The average Bonchev–Trinajstić information content (AvgIpc) is 2.63. The maximum Gasteiger partial charge on any atom is 0.243 e. The summed E-state index contributed by atoms with van der Waals surface area (Å²) in [5.41, 5.74) is 0. The largest absolute Gasteiger partial charge is 0.494 e. The lowest BCUT2D eigenvalue weighted by Gasteiger charge is -2.31. The van der Waals surface area contributed by atoms with Gasteiger partial charge in [-0.25, -0.2) is 8.42 Å². The first-order valence-electron chi connectivity index (χ1n) is 9.41. The molecule has 1 aromatic rings. The van der Waals surface area contributed by atoms with E-state index in [1.807, 2.05) is 13.8 Å². The van der Waals surface area contributed by atoms with Crippen molar-refractivity contribution in [1.82, 2.24) is 9.62 Å². The van der Waals surface area contributed by atoms with Crippen molar-refractivity contribution in [3.8, 4) is 5.75 Å². The molecule has 0 bridgehead atoms. The molecule has 0 aliphatic carbocycles. The monoisotopic (exact) mass is 382 g/mol. The zero-order valence-corrected chi connectivity index (χ0v) is 16.7. The summed E-state index contributed by atoms with van der Waals surface area (Å²) in [5, 5.41) is 3.01. The number of nitrogens with zero attached hydrogens (tertiary/aromatic N) is 1. The van der Waals surface area contributed by atoms with Crippen molar-refractivity contribution in [3.63, 3.8) is 0 Å². The molecule has 1 fully saturated rings. The second-order valence-electron chi connectivity index (χ2n) is 6.80. The van der Waals surface area contributed by atoms with Crippen LogP contribution < -0.4 is 10.1 Å². The summed E-state index contributed by atoms with van der Waals surface area (Å²) in [6.45, 7) is 7.16. The Morgan fingerprint density at radius 1 is 1.31 bits per heavy atom. The molecule has 26 heavy (non-hydrogen) atoms. The third kappa shape index (κ3) is 5.20. The van der Waals surface area contributed by atoms with E-state index in [-0.39, 0.29) is 29.3 Å². The molecule has 1 aliphatic heterocycles. The number of hydrogen-bond acceptors (Lipinski definition) is 4. The fourth-order valence-corrected chi connectivity index (χ4v) is 4.79. The van der Waals surface area contributed by atoms with Crippen LogP contribution in [0.2, 0.25) is 0 Å². The fourth-order valence-electron chi connectivity index (χ4n) is 3.26. The maximum absolute atomic E-state index is 12.9. The summed E-state index contributed by atoms with van der Waals surface area (Å²) in [6.07, 6.45) is 3.34. The minimum atomic E-state index is -3.60. The number of sulfonamides is 1. The minimum absolute atomic E-state index is 0.0439. The SMILES string of the molecule is CCC[C@H](C)NC(=O)[C@H]1CCCN(S(=O)(=O)c2ccc(OCC)cc2)C1. The topological polar surface area (TPSA) is 75.7 Å². The van der Waals surface area contributed by atoms with Crippen LogP contribution in [0.5, 0.6) is 5.75 Å². The standard InChI is InChI=1S/C19H30N2O4S/c1-4-7-15(3)20-19(22)16-8-6-13-21(14-16)26(23,24)18-11-9-17(10-12-18)25-5-2/h9-12,15-16H,4-8,13-14H2,1-3H3,(H,20,22)/t15-,16-/m0/s1. The van der Waals surface area contributed by atoms with Crippen molar-refractivity contribution in [2.45, 2.75) is 57.4 Å². The van der Waals surface area contributed by atoms with Gasteiger partial charge in [-0.2, -0.15) is 4.31 Å². The molecule has 2 rings (SSSR count). The molecule has 1 saturated heterocycles. The molecule has 2 atom stereocenters. The Morgan fingerprint density at radius 3 is 2.62 bits per heavy atom. The Balaban J connectivity index is 2.06. The van der Waals surface area contributed by atoms with Gasteiger partial charge in [-0.05, 0) is 57.4 Å². The first kappa shape index (κ1) is 20.7. The van der Waals surface area contributed by atoms with Crippen molar-refractivity contribution < 1.29 is 17.9 Å². The highest BCUT2D eigenvalue weighted by molar-refractivity contribution is 7.89. The number of piperidine rings is 1. The second kappa shape index (κ2) is 9.37. The minimum Gasteiger partial charge on any atom is -0.494 e. The molecule has 0 unspecified atom stereocenters. The van der Waals surface area contributed by atoms with Crippen LogP contribution in [0.3, 0.4) is 0 Å². The Morgan fingerprint density at radius 2 is 2.00 bits per heavy atom. The fraction of sp³-hybridized carbons (Fsp3) is 0.632. The number of amides is 1. The van der Waals surface area contributed by atoms with Crippen LogP contribution in [-0.4, -0.2) is 44.4 Å². The van der Waals surface area contributed by atoms with Crippen molar-refractivity contribution in [2.75, 3.05) is 19.7 Å². The number of rotatable bonds is 8. The van der Waals surface area contributed by atoms with E-state index in [1.54, 1.807) is 24.3 Å². The lowest BCUT2D eigenvalue weighted by Crippen LogP contribution is -2.47. The highest BCUT2D eigenvalue weighted by Crippen LogP contribution is 2.25. The van der Waals surface area contributed by atoms with Gasteiger partial charge in [-0.1, -0.05) is 13.3 Å². The lowest BCUT2D eigenvalue weighted by molar-refractivity contribution is -0.126. The van der Waals surface area contributed by atoms with Gasteiger partial charge in [0.25, 0.3) is 0 Å². The number of carbonyl (C=O) groups is 1. The summed E-state index contributed by atoms with van der Waals surface area (Å²) in [7, 11) is -3.60. The summed E-state index contributed by atoms with van der Waals surface area (Å²) < 4.78 is 32.6. The number of ether oxygens (including phenoxy) is 1. The van der Waals surface area contributed by atoms with E-state index in [1.165, 1.54) is 4.31 Å². The van der Waals surface area contributed by atoms with E-state index in [0.717, 1.165) is 19.3 Å². The molecular weight excluding hydrogens is 352 g/mol. The van der Waals surface area contributed by atoms with Crippen molar-refractivity contribution in [3.05, 3.63) is 24.3 Å². The summed E-state index contributed by atoms with van der Waals surface area (Å²) in [4.78, 5) is 12.7. The van der Waals surface area contributed by atoms with Crippen LogP contribution in [-0.2, 0) is 14.8 Å². The summed E-state index contributed by atoms with van der Waals surface area (Å²) in [5.74, 6) is 0.310. The highest BCUT2D eigenvalue weighted by Gasteiger charge is 2.33. The molecule has 1 heterocycles. The van der Waals surface area contributed by atoms with Gasteiger partial charge in [0.05, 0.1) is 17.4 Å². The highest BCUT2D eigenvalue weighted by atomic mass is 32.2. The van der Waals surface area contributed by atoms with Gasteiger partial charge in [-0.3, -0.25) is 4.79 Å². The Kier molecular flexibility index (Phi) is 7.46. The molecule has 1 N–H and O–H groups in total. The maximum atomic E-state index is 12.9. The molecule has 146 valence electrons. The smallest absolute Gasteiger partial charge is 0.243 e. The first-order valence-corrected chi connectivity index (χ1v) is 10.9. The van der Waals surface area contributed by atoms with Crippen LogP contribution in [0, 0.1) is 5.92 Å². The van der Waals surface area contributed by atoms with E-state index in [0.29, 0.717) is 25.3 Å². The molecule has 0 spiro atoms. The van der Waals surface area contributed by atoms with E-state index in [2.05, 4.69) is 12.2 Å². The van der Waals surface area contributed by atoms with Gasteiger partial charge in [0.15, 0.2) is 0 Å². The summed E-state index contributed by atoms with van der Waals surface area (Å²) >= 11 is 0. The first-order chi connectivity index (χ1) is 12.4. The van der Waals surface area contributed by atoms with Crippen molar-refractivity contribution in [2.24, 2.45) is 5.92 Å². The normalized spacial score (nSPS) is 19.7. The van der Waals surface area contributed by atoms with Crippen LogP contribution in [0.1, 0.15) is 46.5 Å². The third-order valence-corrected chi connectivity index (χ3v) is 6.52. The predicted molar refractivity (Wildman–Crippen MR) is 102 cm³/mol. The number of carbonyl (C=O) groups excluding carboxylic acids is 1. The zero-order chi connectivity index (χ0) is 19.2. The number of hydrogen-bond donors (Lipinski definition) is 1. The van der Waals surface area contributed by atoms with Gasteiger partial charge >= 0.3 is 0 Å². The van der Waals surface area contributed by atoms with Gasteiger partial charge < -0.3 is 10.1 Å². The summed E-state index contributed by atoms with van der Waals surface area (Å²) in [6, 6.07) is 6.57. The van der Waals surface area contributed by atoms with Gasteiger partial charge in [0.1, 0.15) is 5.75 Å². The molecule has 6 nitrogen and oxygen atoms in total. The van der Waals surface area contributed by atoms with Gasteiger partial charge in [-0.15, -0.1) is 0 Å². The van der Waals surface area contributed by atoms with Crippen molar-refractivity contribution in [1.29, 1.82) is 0 Å². The van der Waals surface area contributed by atoms with E-state index in [4.69, 9.17) is 4.74 Å². The van der Waals surface area contributed by atoms with Gasteiger partial charge in [0.2, 0.25) is 15.9 Å². The molecule has 7 heteroatoms. The van der Waals surface area contributed by atoms with Crippen LogP contribution in [0.4, 0.5) is 0 Å². The molecule has 1 aromatic carbocycles. The molecule has 0 radical (unpaired) electrons. The number of benzene rings is 1. The average molecular weight is 383 g/mol. The molecule has 0 saturated carbocycles. The Hall–Kier alpha value is -1.60. The van der Waals surface area contributed by atoms with Crippen LogP contribution >= 0.6 is 0 Å². The van der Waals surface area contributed by atoms with Crippen molar-refractivity contribution >= 4 is 15.9 Å². The van der Waals surface area contributed by atoms with Gasteiger partial charge in [0, 0.05) is 19.1 Å². The third-order valence-electron chi connectivity index (χ3n) is 4.64. The second-order valence-corrected chi connectivity index (χ2v) is 8.74. The molecular formula is C19H30N2O4S. The predicted octanol–water partition coefficient (Wildman–Crippen LogP) is 2.79. The zero-order valence-electron chi connectivity index (χ0n) is 15.9.